The molecule has 2 aromatic heterocycles. The van der Waals surface area contributed by atoms with Crippen molar-refractivity contribution in [3.8, 4) is 0 Å². The molecule has 0 bridgehead atoms. The predicted octanol–water partition coefficient (Wildman–Crippen LogP) is 3.59. The van der Waals surface area contributed by atoms with Gasteiger partial charge < -0.3 is 13.7 Å². The lowest BCUT2D eigenvalue weighted by Crippen LogP contribution is -2.39. The summed E-state index contributed by atoms with van der Waals surface area (Å²) in [7, 11) is 0. The van der Waals surface area contributed by atoms with Crippen molar-refractivity contribution in [3.63, 3.8) is 0 Å². The molecule has 0 atom stereocenters. The third-order valence-corrected chi connectivity index (χ3v) is 5.98. The maximum Gasteiger partial charge on any atom is 0.277 e. The first-order chi connectivity index (χ1) is 13.3. The molecule has 1 amide bonds. The highest BCUT2D eigenvalue weighted by Gasteiger charge is 2.30. The number of likely N-dealkylation sites (tertiary alicyclic amines) is 1. The van der Waals surface area contributed by atoms with Crippen molar-refractivity contribution in [2.75, 3.05) is 18.8 Å². The van der Waals surface area contributed by atoms with E-state index in [1.807, 2.05) is 29.2 Å². The molecule has 1 saturated carbocycles. The summed E-state index contributed by atoms with van der Waals surface area (Å²) in [6.07, 6.45) is 3.99. The molecule has 27 heavy (non-hydrogen) atoms. The van der Waals surface area contributed by atoms with Crippen molar-refractivity contribution in [1.29, 1.82) is 0 Å². The Morgan fingerprint density at radius 3 is 2.59 bits per heavy atom. The maximum absolute atomic E-state index is 12.5. The smallest absolute Gasteiger partial charge is 0.277 e. The molecule has 1 saturated heterocycles. The van der Waals surface area contributed by atoms with Crippen molar-refractivity contribution in [1.82, 2.24) is 20.1 Å². The third-order valence-electron chi connectivity index (χ3n) is 5.18. The number of oxazole rings is 1. The summed E-state index contributed by atoms with van der Waals surface area (Å²) in [5, 5.41) is 8.56. The molecular formula is C19H20N4O3S. The number of hydrogen-bond donors (Lipinski definition) is 0. The number of para-hydroxylation sites is 2. The Morgan fingerprint density at radius 1 is 1.04 bits per heavy atom. The molecule has 3 heterocycles. The SMILES string of the molecule is O=C(CSc1nnc(C2CC2)o1)N1CCC(c2nc3ccccc3o2)CC1. The molecular weight excluding hydrogens is 364 g/mol. The Labute approximate surface area is 160 Å². The van der Waals surface area contributed by atoms with Crippen LogP contribution in [0.4, 0.5) is 0 Å². The molecule has 0 radical (unpaired) electrons. The molecule has 1 aromatic carbocycles. The van der Waals surface area contributed by atoms with Crippen LogP contribution in [0.25, 0.3) is 11.1 Å². The summed E-state index contributed by atoms with van der Waals surface area (Å²) in [6, 6.07) is 7.82. The third kappa shape index (κ3) is 3.58. The first kappa shape index (κ1) is 16.8. The van der Waals surface area contributed by atoms with E-state index in [1.165, 1.54) is 11.8 Å². The molecule has 0 spiro atoms. The number of carbonyl (C=O) groups is 1. The van der Waals surface area contributed by atoms with Crippen molar-refractivity contribution >= 4 is 28.8 Å². The minimum Gasteiger partial charge on any atom is -0.440 e. The lowest BCUT2D eigenvalue weighted by atomic mass is 9.97. The number of amides is 1. The Kier molecular flexibility index (Phi) is 4.35. The fourth-order valence-corrected chi connectivity index (χ4v) is 4.10. The topological polar surface area (TPSA) is 85.3 Å². The highest BCUT2D eigenvalue weighted by atomic mass is 32.2. The van der Waals surface area contributed by atoms with Crippen molar-refractivity contribution in [3.05, 3.63) is 36.0 Å². The van der Waals surface area contributed by atoms with Crippen molar-refractivity contribution in [2.45, 2.75) is 42.7 Å². The number of fused-ring (bicyclic) bond motifs is 1. The van der Waals surface area contributed by atoms with Gasteiger partial charge in [0.2, 0.25) is 11.8 Å². The number of thioether (sulfide) groups is 1. The molecule has 7 nitrogen and oxygen atoms in total. The fourth-order valence-electron chi connectivity index (χ4n) is 3.43. The van der Waals surface area contributed by atoms with Gasteiger partial charge in [-0.15, -0.1) is 10.2 Å². The van der Waals surface area contributed by atoms with E-state index in [0.717, 1.165) is 55.8 Å². The quantitative estimate of drug-likeness (QED) is 0.621. The Bertz CT molecular complexity index is 924. The number of piperidine rings is 1. The van der Waals surface area contributed by atoms with Gasteiger partial charge in [0.25, 0.3) is 5.22 Å². The highest BCUT2D eigenvalue weighted by molar-refractivity contribution is 7.99. The van der Waals surface area contributed by atoms with Crippen LogP contribution >= 0.6 is 11.8 Å². The van der Waals surface area contributed by atoms with Gasteiger partial charge in [0.05, 0.1) is 5.75 Å². The summed E-state index contributed by atoms with van der Waals surface area (Å²) in [6.45, 7) is 1.44. The van der Waals surface area contributed by atoms with Crippen LogP contribution in [-0.4, -0.2) is 44.8 Å². The first-order valence-corrected chi connectivity index (χ1v) is 10.3. The van der Waals surface area contributed by atoms with Crippen LogP contribution in [0.15, 0.2) is 38.3 Å². The molecule has 0 N–H and O–H groups in total. The van der Waals surface area contributed by atoms with Gasteiger partial charge in [-0.3, -0.25) is 4.79 Å². The summed E-state index contributed by atoms with van der Waals surface area (Å²) >= 11 is 1.33. The number of aromatic nitrogens is 3. The predicted molar refractivity (Wildman–Crippen MR) is 99.6 cm³/mol. The average Bonchev–Trinajstić information content (AvgIpc) is 3.29. The molecule has 0 unspecified atom stereocenters. The summed E-state index contributed by atoms with van der Waals surface area (Å²) in [5.74, 6) is 2.65. The molecule has 8 heteroatoms. The van der Waals surface area contributed by atoms with Crippen LogP contribution in [0.5, 0.6) is 0 Å². The zero-order valence-corrected chi connectivity index (χ0v) is 15.7. The molecule has 2 aliphatic rings. The minimum atomic E-state index is 0.113. The van der Waals surface area contributed by atoms with Crippen LogP contribution < -0.4 is 0 Å². The Morgan fingerprint density at radius 2 is 1.81 bits per heavy atom. The molecule has 5 rings (SSSR count). The number of rotatable bonds is 5. The van der Waals surface area contributed by atoms with E-state index in [9.17, 15) is 4.79 Å². The van der Waals surface area contributed by atoms with Crippen molar-refractivity contribution < 1.29 is 13.6 Å². The second-order valence-electron chi connectivity index (χ2n) is 7.14. The van der Waals surface area contributed by atoms with E-state index in [-0.39, 0.29) is 11.8 Å². The molecule has 3 aromatic rings. The van der Waals surface area contributed by atoms with Crippen LogP contribution in [0.1, 0.15) is 49.3 Å². The van der Waals surface area contributed by atoms with Gasteiger partial charge in [0.15, 0.2) is 11.5 Å². The number of nitrogens with zero attached hydrogens (tertiary/aromatic N) is 4. The van der Waals surface area contributed by atoms with Crippen LogP contribution in [0.2, 0.25) is 0 Å². The van der Waals surface area contributed by atoms with E-state index in [2.05, 4.69) is 15.2 Å². The molecule has 1 aliphatic heterocycles. The maximum atomic E-state index is 12.5. The van der Waals surface area contributed by atoms with Crippen LogP contribution in [0.3, 0.4) is 0 Å². The number of benzene rings is 1. The van der Waals surface area contributed by atoms with E-state index in [4.69, 9.17) is 8.83 Å². The Hall–Kier alpha value is -2.35. The van der Waals surface area contributed by atoms with Gasteiger partial charge in [-0.1, -0.05) is 23.9 Å². The van der Waals surface area contributed by atoms with Gasteiger partial charge >= 0.3 is 0 Å². The monoisotopic (exact) mass is 384 g/mol. The number of hydrogen-bond acceptors (Lipinski definition) is 7. The molecule has 1 aliphatic carbocycles. The van der Waals surface area contributed by atoms with Gasteiger partial charge in [-0.05, 0) is 37.8 Å². The minimum absolute atomic E-state index is 0.113. The van der Waals surface area contributed by atoms with Crippen LogP contribution in [-0.2, 0) is 4.79 Å². The van der Waals surface area contributed by atoms with E-state index in [1.54, 1.807) is 0 Å². The van der Waals surface area contributed by atoms with Gasteiger partial charge in [-0.2, -0.15) is 0 Å². The lowest BCUT2D eigenvalue weighted by Gasteiger charge is -2.30. The van der Waals surface area contributed by atoms with Gasteiger partial charge in [0.1, 0.15) is 5.52 Å². The molecule has 140 valence electrons. The fraction of sp³-hybridized carbons (Fsp3) is 0.474. The summed E-state index contributed by atoms with van der Waals surface area (Å²) in [4.78, 5) is 19.0. The summed E-state index contributed by atoms with van der Waals surface area (Å²) in [5.41, 5.74) is 1.72. The van der Waals surface area contributed by atoms with E-state index >= 15 is 0 Å². The van der Waals surface area contributed by atoms with E-state index in [0.29, 0.717) is 22.8 Å². The largest absolute Gasteiger partial charge is 0.440 e. The second kappa shape index (κ2) is 6.99. The van der Waals surface area contributed by atoms with Crippen LogP contribution in [0, 0.1) is 0 Å². The first-order valence-electron chi connectivity index (χ1n) is 9.36. The Balaban J connectivity index is 1.14. The zero-order valence-electron chi connectivity index (χ0n) is 14.8. The van der Waals surface area contributed by atoms with Gasteiger partial charge in [-0.25, -0.2) is 4.98 Å². The van der Waals surface area contributed by atoms with E-state index < -0.39 is 0 Å². The zero-order chi connectivity index (χ0) is 18.2. The second-order valence-corrected chi connectivity index (χ2v) is 8.07. The average molecular weight is 384 g/mol. The summed E-state index contributed by atoms with van der Waals surface area (Å²) < 4.78 is 11.5. The molecule has 2 fully saturated rings. The van der Waals surface area contributed by atoms with Gasteiger partial charge in [0, 0.05) is 24.9 Å². The number of carbonyl (C=O) groups excluding carboxylic acids is 1. The normalized spacial score (nSPS) is 18.3. The standard InChI is InChI=1S/C19H20N4O3S/c24-16(11-27-19-22-21-18(26-19)12-5-6-12)23-9-7-13(8-10-23)17-20-14-3-1-2-4-15(14)25-17/h1-4,12-13H,5-11H2. The highest BCUT2D eigenvalue weighted by Crippen LogP contribution is 2.39. The van der Waals surface area contributed by atoms with Crippen molar-refractivity contribution in [2.24, 2.45) is 0 Å². The lowest BCUT2D eigenvalue weighted by molar-refractivity contribution is -0.129.